The Morgan fingerprint density at radius 1 is 0.882 bits per heavy atom. The molecule has 0 spiro atoms. The van der Waals surface area contributed by atoms with Crippen LogP contribution >= 0.6 is 0 Å². The number of nitrogens with one attached hydrogen (secondary N) is 1. The number of piperazine rings is 1. The van der Waals surface area contributed by atoms with E-state index in [1.165, 1.54) is 33.5 Å². The van der Waals surface area contributed by atoms with Gasteiger partial charge in [-0.2, -0.15) is 4.31 Å². The summed E-state index contributed by atoms with van der Waals surface area (Å²) in [5, 5.41) is 2.70. The summed E-state index contributed by atoms with van der Waals surface area (Å²) < 4.78 is 32.5. The molecule has 1 N–H and O–H groups in total. The van der Waals surface area contributed by atoms with Crippen LogP contribution in [0.5, 0.6) is 0 Å². The van der Waals surface area contributed by atoms with Crippen LogP contribution in [0.15, 0.2) is 69.1 Å². The second-order valence-corrected chi connectivity index (χ2v) is 9.57. The maximum Gasteiger partial charge on any atom is 0.328 e. The van der Waals surface area contributed by atoms with Crippen LogP contribution in [-0.4, -0.2) is 72.1 Å². The van der Waals surface area contributed by atoms with E-state index in [0.717, 1.165) is 4.68 Å². The normalized spacial score (nSPS) is 14.8. The van der Waals surface area contributed by atoms with E-state index in [9.17, 15) is 27.6 Å². The molecule has 0 saturated carbocycles. The van der Waals surface area contributed by atoms with Crippen LogP contribution in [0.25, 0.3) is 10.8 Å². The van der Waals surface area contributed by atoms with Gasteiger partial charge in [0.25, 0.3) is 17.0 Å². The molecule has 12 heteroatoms. The summed E-state index contributed by atoms with van der Waals surface area (Å²) in [6.07, 6.45) is 0. The molecule has 2 aromatic carbocycles. The predicted octanol–water partition coefficient (Wildman–Crippen LogP) is -0.234. The molecule has 2 heterocycles. The highest BCUT2D eigenvalue weighted by Crippen LogP contribution is 2.17. The van der Waals surface area contributed by atoms with Gasteiger partial charge in [0.2, 0.25) is 10.0 Å². The van der Waals surface area contributed by atoms with Crippen molar-refractivity contribution in [2.75, 3.05) is 32.8 Å². The molecule has 4 rings (SSSR count). The molecule has 1 aromatic heterocycles. The third-order valence-corrected chi connectivity index (χ3v) is 7.41. The fourth-order valence-corrected chi connectivity index (χ4v) is 5.13. The molecule has 1 amide bonds. The van der Waals surface area contributed by atoms with E-state index >= 15 is 0 Å². The lowest BCUT2D eigenvalue weighted by Crippen LogP contribution is -2.51. The van der Waals surface area contributed by atoms with E-state index in [-0.39, 0.29) is 41.8 Å². The van der Waals surface area contributed by atoms with Gasteiger partial charge < -0.3 is 9.64 Å². The Morgan fingerprint density at radius 3 is 2.18 bits per heavy atom. The number of ether oxygens (including phenoxy) is 1. The number of fused-ring (bicyclic) bond motifs is 1. The van der Waals surface area contributed by atoms with Crippen LogP contribution in [0.2, 0.25) is 0 Å². The van der Waals surface area contributed by atoms with Crippen LogP contribution in [0.4, 0.5) is 0 Å². The standard InChI is InChI=1S/C22H22N4O7S/c27-19(24-10-12-25(13-11-24)34(31,32)16-6-2-1-3-7-16)15-33-20(28)14-26-22(30)18-9-5-4-8-17(18)21(29)23-26/h1-9H,10-15H2,(H,23,29). The molecule has 0 aliphatic carbocycles. The zero-order chi connectivity index (χ0) is 24.3. The van der Waals surface area contributed by atoms with Gasteiger partial charge in [0, 0.05) is 26.2 Å². The fourth-order valence-electron chi connectivity index (χ4n) is 3.69. The summed E-state index contributed by atoms with van der Waals surface area (Å²) >= 11 is 0. The van der Waals surface area contributed by atoms with Crippen LogP contribution in [-0.2, 0) is 30.9 Å². The summed E-state index contributed by atoms with van der Waals surface area (Å²) in [4.78, 5) is 50.8. The van der Waals surface area contributed by atoms with Crippen molar-refractivity contribution in [3.63, 3.8) is 0 Å². The zero-order valence-electron chi connectivity index (χ0n) is 18.0. The first-order valence-electron chi connectivity index (χ1n) is 10.5. The Morgan fingerprint density at radius 2 is 1.50 bits per heavy atom. The molecule has 11 nitrogen and oxygen atoms in total. The topological polar surface area (TPSA) is 139 Å². The highest BCUT2D eigenvalue weighted by molar-refractivity contribution is 7.89. The number of nitrogens with zero attached hydrogens (tertiary/aromatic N) is 3. The predicted molar refractivity (Wildman–Crippen MR) is 122 cm³/mol. The van der Waals surface area contributed by atoms with Gasteiger partial charge in [-0.15, -0.1) is 0 Å². The van der Waals surface area contributed by atoms with E-state index < -0.39 is 46.2 Å². The lowest BCUT2D eigenvalue weighted by Gasteiger charge is -2.33. The summed E-state index contributed by atoms with van der Waals surface area (Å²) in [5.74, 6) is -1.35. The number of aromatic nitrogens is 2. The van der Waals surface area contributed by atoms with Gasteiger partial charge in [0.1, 0.15) is 6.54 Å². The molecule has 1 aliphatic heterocycles. The van der Waals surface area contributed by atoms with E-state index in [0.29, 0.717) is 0 Å². The largest absolute Gasteiger partial charge is 0.454 e. The average Bonchev–Trinajstić information content (AvgIpc) is 2.86. The molecule has 1 aliphatic rings. The number of rotatable bonds is 6. The number of esters is 1. The number of carbonyl (C=O) groups excluding carboxylic acids is 2. The van der Waals surface area contributed by atoms with Crippen molar-refractivity contribution in [3.05, 3.63) is 75.3 Å². The van der Waals surface area contributed by atoms with Crippen molar-refractivity contribution >= 4 is 32.7 Å². The summed E-state index contributed by atoms with van der Waals surface area (Å²) in [7, 11) is -3.65. The molecule has 1 fully saturated rings. The van der Waals surface area contributed by atoms with Gasteiger partial charge in [0.05, 0.1) is 15.7 Å². The minimum absolute atomic E-state index is 0.116. The minimum atomic E-state index is -3.65. The van der Waals surface area contributed by atoms with E-state index in [4.69, 9.17) is 4.74 Å². The maximum absolute atomic E-state index is 12.7. The van der Waals surface area contributed by atoms with Crippen molar-refractivity contribution in [1.82, 2.24) is 19.0 Å². The molecule has 0 bridgehead atoms. The van der Waals surface area contributed by atoms with E-state index in [2.05, 4.69) is 5.10 Å². The van der Waals surface area contributed by atoms with Gasteiger partial charge in [-0.3, -0.25) is 24.3 Å². The van der Waals surface area contributed by atoms with E-state index in [1.54, 1.807) is 30.3 Å². The summed E-state index contributed by atoms with van der Waals surface area (Å²) in [6.45, 7) is -0.582. The van der Waals surface area contributed by atoms with Crippen molar-refractivity contribution in [1.29, 1.82) is 0 Å². The number of sulfonamides is 1. The SMILES string of the molecule is O=C(Cn1[nH]c(=O)c2ccccc2c1=O)OCC(=O)N1CCN(S(=O)(=O)c2ccccc2)CC1. The number of amides is 1. The third-order valence-electron chi connectivity index (χ3n) is 5.50. The Hall–Kier alpha value is -3.77. The van der Waals surface area contributed by atoms with Crippen LogP contribution in [0.1, 0.15) is 0 Å². The molecule has 1 saturated heterocycles. The van der Waals surface area contributed by atoms with Crippen LogP contribution in [0, 0.1) is 0 Å². The Kier molecular flexibility index (Phi) is 6.61. The van der Waals surface area contributed by atoms with Crippen molar-refractivity contribution in [3.8, 4) is 0 Å². The molecular weight excluding hydrogens is 464 g/mol. The molecule has 34 heavy (non-hydrogen) atoms. The third kappa shape index (κ3) is 4.77. The Labute approximate surface area is 194 Å². The van der Waals surface area contributed by atoms with Gasteiger partial charge in [-0.25, -0.2) is 13.1 Å². The van der Waals surface area contributed by atoms with Gasteiger partial charge in [0.15, 0.2) is 6.61 Å². The van der Waals surface area contributed by atoms with Crippen LogP contribution < -0.4 is 11.1 Å². The zero-order valence-corrected chi connectivity index (χ0v) is 18.9. The fraction of sp³-hybridized carbons (Fsp3) is 0.273. The lowest BCUT2D eigenvalue weighted by atomic mass is 10.2. The molecule has 0 radical (unpaired) electrons. The van der Waals surface area contributed by atoms with Crippen molar-refractivity contribution in [2.24, 2.45) is 0 Å². The smallest absolute Gasteiger partial charge is 0.328 e. The second-order valence-electron chi connectivity index (χ2n) is 7.64. The molecule has 178 valence electrons. The average molecular weight is 487 g/mol. The first-order chi connectivity index (χ1) is 16.3. The monoisotopic (exact) mass is 486 g/mol. The summed E-state index contributed by atoms with van der Waals surface area (Å²) in [6, 6.07) is 14.3. The second kappa shape index (κ2) is 9.61. The van der Waals surface area contributed by atoms with Gasteiger partial charge >= 0.3 is 5.97 Å². The summed E-state index contributed by atoms with van der Waals surface area (Å²) in [5.41, 5.74) is -1.09. The Balaban J connectivity index is 1.31. The number of H-pyrrole nitrogens is 1. The first-order valence-corrected chi connectivity index (χ1v) is 11.9. The van der Waals surface area contributed by atoms with Crippen molar-refractivity contribution in [2.45, 2.75) is 11.4 Å². The highest BCUT2D eigenvalue weighted by atomic mass is 32.2. The number of hydrogen-bond acceptors (Lipinski definition) is 7. The molecule has 0 atom stereocenters. The Bertz CT molecular complexity index is 1440. The molecule has 0 unspecified atom stereocenters. The minimum Gasteiger partial charge on any atom is -0.454 e. The molecular formula is C22H22N4O7S. The lowest BCUT2D eigenvalue weighted by molar-refractivity contribution is -0.153. The number of aromatic amines is 1. The van der Waals surface area contributed by atoms with Crippen molar-refractivity contribution < 1.29 is 22.7 Å². The van der Waals surface area contributed by atoms with Gasteiger partial charge in [-0.1, -0.05) is 30.3 Å². The maximum atomic E-state index is 12.7. The first kappa shape index (κ1) is 23.4. The van der Waals surface area contributed by atoms with E-state index in [1.807, 2.05) is 0 Å². The number of carbonyl (C=O) groups is 2. The van der Waals surface area contributed by atoms with Gasteiger partial charge in [-0.05, 0) is 24.3 Å². The highest BCUT2D eigenvalue weighted by Gasteiger charge is 2.30. The number of benzene rings is 2. The quantitative estimate of drug-likeness (QED) is 0.475. The van der Waals surface area contributed by atoms with Crippen LogP contribution in [0.3, 0.4) is 0 Å². The number of hydrogen-bond donors (Lipinski definition) is 1. The molecule has 3 aromatic rings.